The normalized spacial score (nSPS) is 14.2. The molecule has 0 fully saturated rings. The van der Waals surface area contributed by atoms with Crippen molar-refractivity contribution in [2.24, 2.45) is 0 Å². The summed E-state index contributed by atoms with van der Waals surface area (Å²) in [6.07, 6.45) is 0. The maximum absolute atomic E-state index is 2.75. The zero-order valence-corrected chi connectivity index (χ0v) is 35.1. The number of rotatable bonds is 2. The van der Waals surface area contributed by atoms with Crippen molar-refractivity contribution in [3.63, 3.8) is 0 Å². The summed E-state index contributed by atoms with van der Waals surface area (Å²) in [5.74, 6) is 0. The van der Waals surface area contributed by atoms with Crippen LogP contribution in [0.25, 0.3) is 88.4 Å². The molecule has 0 saturated carbocycles. The first kappa shape index (κ1) is 33.4. The lowest BCUT2D eigenvalue weighted by Crippen LogP contribution is -2.60. The van der Waals surface area contributed by atoms with Crippen LogP contribution >= 0.6 is 0 Å². The number of fused-ring (bicyclic) bond motifs is 13. The van der Waals surface area contributed by atoms with E-state index in [4.69, 9.17) is 0 Å². The van der Waals surface area contributed by atoms with Crippen molar-refractivity contribution in [1.82, 2.24) is 9.13 Å². The average molecular weight is 787 g/mol. The molecule has 0 atom stereocenters. The van der Waals surface area contributed by atoms with Crippen LogP contribution in [-0.4, -0.2) is 15.8 Å². The Kier molecular flexibility index (Phi) is 5.98. The van der Waals surface area contributed by atoms with Gasteiger partial charge in [-0.05, 0) is 117 Å². The van der Waals surface area contributed by atoms with Gasteiger partial charge in [0.2, 0.25) is 0 Å². The van der Waals surface area contributed by atoms with Gasteiger partial charge in [-0.2, -0.15) is 0 Å². The molecule has 62 heavy (non-hydrogen) atoms. The Balaban J connectivity index is 1.23. The Morgan fingerprint density at radius 1 is 0.452 bits per heavy atom. The standard InChI is InChI=1S/C59H39BN2/c1-32-19-23-40-41-24-20-33(2)30-45(41)59(44(40)29-32)42-25-21-34(3)49-50-35(4)22-27-46-57(50)62(55(42)49)56-43(59)26-28-48-53(56)60(46)47-31-38-17-11-12-18-39(38)52-51(36-13-7-5-8-14-36)54(61(48)58(47)52)37-15-9-6-10-16-37/h5-31H,1-4H3. The number of benzene rings is 9. The zero-order chi connectivity index (χ0) is 40.9. The molecule has 0 unspecified atom stereocenters. The van der Waals surface area contributed by atoms with Gasteiger partial charge in [0.25, 0.3) is 6.71 Å². The van der Waals surface area contributed by atoms with Crippen LogP contribution in [0.3, 0.4) is 0 Å². The number of hydrogen-bond acceptors (Lipinski definition) is 0. The Bertz CT molecular complexity index is 3850. The molecule has 3 heteroatoms. The number of aryl methyl sites for hydroxylation is 4. The maximum Gasteiger partial charge on any atom is 0.252 e. The van der Waals surface area contributed by atoms with Crippen molar-refractivity contribution in [1.29, 1.82) is 0 Å². The Hall–Kier alpha value is -7.36. The lowest BCUT2D eigenvalue weighted by Gasteiger charge is -2.44. The molecule has 15 rings (SSSR count). The first-order valence-corrected chi connectivity index (χ1v) is 22.1. The largest absolute Gasteiger partial charge is 0.310 e. The molecular weight excluding hydrogens is 747 g/mol. The summed E-state index contributed by atoms with van der Waals surface area (Å²) in [6, 6.07) is 63.3. The van der Waals surface area contributed by atoms with Crippen molar-refractivity contribution < 1.29 is 0 Å². The third-order valence-corrected chi connectivity index (χ3v) is 15.4. The highest BCUT2D eigenvalue weighted by Gasteiger charge is 2.54. The van der Waals surface area contributed by atoms with Crippen LogP contribution in [0.15, 0.2) is 164 Å². The van der Waals surface area contributed by atoms with E-state index in [1.165, 1.54) is 149 Å². The van der Waals surface area contributed by atoms with Crippen molar-refractivity contribution in [2.45, 2.75) is 33.1 Å². The summed E-state index contributed by atoms with van der Waals surface area (Å²) in [4.78, 5) is 0. The molecule has 1 spiro atoms. The second-order valence-corrected chi connectivity index (χ2v) is 18.6. The molecule has 0 saturated heterocycles. The van der Waals surface area contributed by atoms with Crippen LogP contribution in [0, 0.1) is 27.7 Å². The molecule has 5 heterocycles. The zero-order valence-electron chi connectivity index (χ0n) is 35.1. The van der Waals surface area contributed by atoms with Gasteiger partial charge in [0.15, 0.2) is 0 Å². The molecule has 2 aromatic heterocycles. The summed E-state index contributed by atoms with van der Waals surface area (Å²) >= 11 is 0. The van der Waals surface area contributed by atoms with E-state index in [2.05, 4.69) is 201 Å². The fraction of sp³-hybridized carbons (Fsp3) is 0.0847. The average Bonchev–Trinajstić information content (AvgIpc) is 3.94. The summed E-state index contributed by atoms with van der Waals surface area (Å²) < 4.78 is 5.43. The molecule has 4 aliphatic rings. The topological polar surface area (TPSA) is 9.86 Å². The quantitative estimate of drug-likeness (QED) is 0.155. The smallest absolute Gasteiger partial charge is 0.252 e. The van der Waals surface area contributed by atoms with Gasteiger partial charge in [0, 0.05) is 38.6 Å². The van der Waals surface area contributed by atoms with Gasteiger partial charge < -0.3 is 9.13 Å². The fourth-order valence-corrected chi connectivity index (χ4v) is 13.2. The number of nitrogens with zero attached hydrogens (tertiary/aromatic N) is 2. The minimum absolute atomic E-state index is 0.0240. The first-order chi connectivity index (χ1) is 30.4. The highest BCUT2D eigenvalue weighted by molar-refractivity contribution is 7.00. The van der Waals surface area contributed by atoms with Gasteiger partial charge in [0.05, 0.1) is 22.1 Å². The minimum Gasteiger partial charge on any atom is -0.310 e. The molecule has 2 nitrogen and oxygen atoms in total. The van der Waals surface area contributed by atoms with Gasteiger partial charge >= 0.3 is 0 Å². The maximum atomic E-state index is 2.75. The van der Waals surface area contributed by atoms with Gasteiger partial charge in [-0.15, -0.1) is 0 Å². The predicted molar refractivity (Wildman–Crippen MR) is 260 cm³/mol. The molecule has 0 radical (unpaired) electrons. The Labute approximate surface area is 360 Å². The third-order valence-electron chi connectivity index (χ3n) is 15.4. The van der Waals surface area contributed by atoms with Crippen LogP contribution in [0.2, 0.25) is 0 Å². The van der Waals surface area contributed by atoms with E-state index >= 15 is 0 Å². The van der Waals surface area contributed by atoms with Crippen molar-refractivity contribution in [3.8, 4) is 44.9 Å². The lowest BCUT2D eigenvalue weighted by molar-refractivity contribution is 0.747. The van der Waals surface area contributed by atoms with E-state index in [-0.39, 0.29) is 6.71 Å². The number of hydrogen-bond donors (Lipinski definition) is 0. The molecular formula is C59H39BN2. The molecule has 11 aromatic rings. The second kappa shape index (κ2) is 11.1. The summed E-state index contributed by atoms with van der Waals surface area (Å²) in [6.45, 7) is 9.23. The molecule has 288 valence electrons. The van der Waals surface area contributed by atoms with Crippen LogP contribution < -0.4 is 16.4 Å². The Morgan fingerprint density at radius 2 is 1.06 bits per heavy atom. The molecule has 9 aromatic carbocycles. The van der Waals surface area contributed by atoms with Gasteiger partial charge in [-0.1, -0.05) is 169 Å². The van der Waals surface area contributed by atoms with Crippen molar-refractivity contribution >= 4 is 66.6 Å². The van der Waals surface area contributed by atoms with Crippen LogP contribution in [0.4, 0.5) is 0 Å². The van der Waals surface area contributed by atoms with Crippen LogP contribution in [-0.2, 0) is 5.41 Å². The van der Waals surface area contributed by atoms with E-state index in [1.807, 2.05) is 0 Å². The molecule has 3 aliphatic heterocycles. The Morgan fingerprint density at radius 3 is 1.79 bits per heavy atom. The van der Waals surface area contributed by atoms with E-state index < -0.39 is 5.41 Å². The highest BCUT2D eigenvalue weighted by atomic mass is 15.1. The number of aromatic nitrogens is 2. The molecule has 0 N–H and O–H groups in total. The monoisotopic (exact) mass is 786 g/mol. The van der Waals surface area contributed by atoms with Crippen LogP contribution in [0.5, 0.6) is 0 Å². The lowest BCUT2D eigenvalue weighted by atomic mass is 9.33. The predicted octanol–water partition coefficient (Wildman–Crippen LogP) is 12.3. The molecule has 0 bridgehead atoms. The van der Waals surface area contributed by atoms with E-state index in [0.717, 1.165) is 0 Å². The second-order valence-electron chi connectivity index (χ2n) is 18.6. The SMILES string of the molecule is Cc1ccc2c(c1)C1(c3cc(C)ccc3-2)c2ccc3c4c2-n2c5c(ccc(C)c5c5c(C)ccc1c52)B4c1cc2ccccc2c2c(-c4ccccc4)c(-c4ccccc4)n-3c12. The molecule has 1 aliphatic carbocycles. The first-order valence-electron chi connectivity index (χ1n) is 22.1. The summed E-state index contributed by atoms with van der Waals surface area (Å²) in [7, 11) is 0. The van der Waals surface area contributed by atoms with Crippen molar-refractivity contribution in [3.05, 3.63) is 208 Å². The molecule has 0 amide bonds. The van der Waals surface area contributed by atoms with Crippen molar-refractivity contribution in [2.75, 3.05) is 0 Å². The van der Waals surface area contributed by atoms with Gasteiger partial charge in [0.1, 0.15) is 0 Å². The minimum atomic E-state index is -0.507. The summed E-state index contributed by atoms with van der Waals surface area (Å²) in [5.41, 5.74) is 28.9. The van der Waals surface area contributed by atoms with E-state index in [0.29, 0.717) is 0 Å². The van der Waals surface area contributed by atoms with E-state index in [9.17, 15) is 0 Å². The third kappa shape index (κ3) is 3.63. The van der Waals surface area contributed by atoms with Gasteiger partial charge in [-0.3, -0.25) is 0 Å². The summed E-state index contributed by atoms with van der Waals surface area (Å²) in [5, 5.41) is 6.71. The highest BCUT2D eigenvalue weighted by Crippen LogP contribution is 2.62. The van der Waals surface area contributed by atoms with E-state index in [1.54, 1.807) is 0 Å². The van der Waals surface area contributed by atoms with Crippen LogP contribution in [0.1, 0.15) is 44.5 Å². The fourth-order valence-electron chi connectivity index (χ4n) is 13.2. The van der Waals surface area contributed by atoms with Gasteiger partial charge in [-0.25, -0.2) is 0 Å².